The molecule has 1 aromatic heterocycles. The van der Waals surface area contributed by atoms with Gasteiger partial charge >= 0.3 is 0 Å². The molecule has 1 aromatic carbocycles. The van der Waals surface area contributed by atoms with Crippen LogP contribution < -0.4 is 0 Å². The molecule has 176 valence electrons. The van der Waals surface area contributed by atoms with Crippen LogP contribution in [0.4, 0.5) is 4.39 Å². The zero-order valence-corrected chi connectivity index (χ0v) is 19.0. The third kappa shape index (κ3) is 4.07. The quantitative estimate of drug-likeness (QED) is 0.694. The number of nitriles is 1. The fourth-order valence-electron chi connectivity index (χ4n) is 5.57. The Balaban J connectivity index is 1.39. The fraction of sp³-hybridized carbons (Fsp3) is 0.423. The summed E-state index contributed by atoms with van der Waals surface area (Å²) in [5.41, 5.74) is 1.90. The summed E-state index contributed by atoms with van der Waals surface area (Å²) in [5, 5.41) is 10.0. The highest BCUT2D eigenvalue weighted by Crippen LogP contribution is 2.41. The molecule has 5 rings (SSSR count). The maximum Gasteiger partial charge on any atom is 0.289 e. The fourth-order valence-corrected chi connectivity index (χ4v) is 5.57. The smallest absolute Gasteiger partial charge is 0.289 e. The third-order valence-corrected chi connectivity index (χ3v) is 7.23. The van der Waals surface area contributed by atoms with E-state index in [1.165, 1.54) is 18.4 Å². The van der Waals surface area contributed by atoms with Crippen LogP contribution in [0.2, 0.25) is 0 Å². The summed E-state index contributed by atoms with van der Waals surface area (Å²) in [6, 6.07) is 11.8. The van der Waals surface area contributed by atoms with Gasteiger partial charge in [-0.25, -0.2) is 4.39 Å². The molecule has 7 nitrogen and oxygen atoms in total. The van der Waals surface area contributed by atoms with E-state index in [1.54, 1.807) is 29.2 Å². The molecule has 2 fully saturated rings. The second kappa shape index (κ2) is 9.34. The number of amides is 2. The number of rotatable bonds is 4. The van der Waals surface area contributed by atoms with E-state index in [9.17, 15) is 19.2 Å². The third-order valence-electron chi connectivity index (χ3n) is 7.23. The molecule has 0 spiro atoms. The molecule has 2 amide bonds. The standard InChI is InChI=1S/C26H27FN4O3/c27-19-9-7-18(8-10-19)17-31-22-5-2-1-4-20(22)24(21(16-28)25(31)32)29-11-13-30(14-12-29)26(33)23-6-3-15-34-23/h3,6-10,15,20,22H,1-2,4-5,11-14,17H2. The Morgan fingerprint density at radius 3 is 2.50 bits per heavy atom. The van der Waals surface area contributed by atoms with Crippen molar-refractivity contribution in [2.75, 3.05) is 26.2 Å². The Morgan fingerprint density at radius 2 is 1.82 bits per heavy atom. The first-order chi connectivity index (χ1) is 16.6. The Kier molecular flexibility index (Phi) is 6.10. The van der Waals surface area contributed by atoms with E-state index in [-0.39, 0.29) is 35.2 Å². The topological polar surface area (TPSA) is 80.8 Å². The number of carbonyl (C=O) groups is 2. The predicted octanol–water partition coefficient (Wildman–Crippen LogP) is 3.56. The van der Waals surface area contributed by atoms with Gasteiger partial charge in [0.05, 0.1) is 6.26 Å². The minimum Gasteiger partial charge on any atom is -0.459 e. The molecule has 2 aromatic rings. The van der Waals surface area contributed by atoms with Crippen LogP contribution in [0.15, 0.2) is 58.3 Å². The van der Waals surface area contributed by atoms with Crippen LogP contribution in [0.5, 0.6) is 0 Å². The Bertz CT molecular complexity index is 1130. The van der Waals surface area contributed by atoms with Crippen LogP contribution in [0.3, 0.4) is 0 Å². The molecule has 3 heterocycles. The van der Waals surface area contributed by atoms with Crippen LogP contribution in [-0.2, 0) is 11.3 Å². The highest BCUT2D eigenvalue weighted by Gasteiger charge is 2.45. The molecule has 1 saturated heterocycles. The van der Waals surface area contributed by atoms with Crippen LogP contribution >= 0.6 is 0 Å². The number of furan rings is 1. The first-order valence-corrected chi connectivity index (χ1v) is 11.8. The SMILES string of the molecule is N#CC1=C(N2CCN(C(=O)c3ccco3)CC2)C2CCCCC2N(Cc2ccc(F)cc2)C1=O. The lowest BCUT2D eigenvalue weighted by atomic mass is 9.76. The number of carbonyl (C=O) groups excluding carboxylic acids is 2. The number of benzene rings is 1. The summed E-state index contributed by atoms with van der Waals surface area (Å²) < 4.78 is 18.6. The van der Waals surface area contributed by atoms with Crippen molar-refractivity contribution in [1.82, 2.24) is 14.7 Å². The van der Waals surface area contributed by atoms with Gasteiger partial charge in [0, 0.05) is 50.4 Å². The van der Waals surface area contributed by atoms with E-state index in [4.69, 9.17) is 4.42 Å². The average molecular weight is 463 g/mol. The Hall–Kier alpha value is -3.60. The molecule has 2 atom stereocenters. The summed E-state index contributed by atoms with van der Waals surface area (Å²) >= 11 is 0. The van der Waals surface area contributed by atoms with Crippen LogP contribution in [0, 0.1) is 23.1 Å². The first kappa shape index (κ1) is 22.2. The van der Waals surface area contributed by atoms with Crippen molar-refractivity contribution < 1.29 is 18.4 Å². The van der Waals surface area contributed by atoms with Gasteiger partial charge in [-0.2, -0.15) is 5.26 Å². The summed E-state index contributed by atoms with van der Waals surface area (Å²) in [4.78, 5) is 31.9. The van der Waals surface area contributed by atoms with E-state index in [0.29, 0.717) is 38.5 Å². The number of hydrogen-bond donors (Lipinski definition) is 0. The van der Waals surface area contributed by atoms with Gasteiger partial charge in [0.25, 0.3) is 11.8 Å². The number of nitrogens with zero attached hydrogens (tertiary/aromatic N) is 4. The zero-order valence-electron chi connectivity index (χ0n) is 19.0. The molecular formula is C26H27FN4O3. The summed E-state index contributed by atoms with van der Waals surface area (Å²) in [6.07, 6.45) is 5.39. The van der Waals surface area contributed by atoms with E-state index in [2.05, 4.69) is 11.0 Å². The molecule has 0 radical (unpaired) electrons. The molecule has 1 saturated carbocycles. The maximum atomic E-state index is 13.5. The van der Waals surface area contributed by atoms with E-state index >= 15 is 0 Å². The van der Waals surface area contributed by atoms with Crippen LogP contribution in [-0.4, -0.2) is 58.7 Å². The van der Waals surface area contributed by atoms with Crippen LogP contribution in [0.25, 0.3) is 0 Å². The normalized spacial score (nSPS) is 23.1. The van der Waals surface area contributed by atoms with Gasteiger partial charge in [0.1, 0.15) is 17.5 Å². The monoisotopic (exact) mass is 462 g/mol. The van der Waals surface area contributed by atoms with E-state index in [0.717, 1.165) is 36.9 Å². The maximum absolute atomic E-state index is 13.5. The first-order valence-electron chi connectivity index (χ1n) is 11.8. The molecule has 0 bridgehead atoms. The minimum absolute atomic E-state index is 0.0150. The van der Waals surface area contributed by atoms with Crippen molar-refractivity contribution in [3.8, 4) is 6.07 Å². The lowest BCUT2D eigenvalue weighted by molar-refractivity contribution is -0.133. The molecule has 3 aliphatic rings. The Labute approximate surface area is 198 Å². The number of hydrogen-bond acceptors (Lipinski definition) is 5. The number of halogens is 1. The van der Waals surface area contributed by atoms with Gasteiger partial charge in [0.15, 0.2) is 5.76 Å². The summed E-state index contributed by atoms with van der Waals surface area (Å²) in [5.74, 6) is -0.288. The molecule has 2 unspecified atom stereocenters. The molecule has 1 aliphatic carbocycles. The van der Waals surface area contributed by atoms with Crippen molar-refractivity contribution in [3.63, 3.8) is 0 Å². The second-order valence-electron chi connectivity index (χ2n) is 9.15. The molecule has 8 heteroatoms. The highest BCUT2D eigenvalue weighted by atomic mass is 19.1. The lowest BCUT2D eigenvalue weighted by Gasteiger charge is -2.49. The van der Waals surface area contributed by atoms with E-state index < -0.39 is 0 Å². The average Bonchev–Trinajstić information content (AvgIpc) is 3.41. The van der Waals surface area contributed by atoms with Gasteiger partial charge in [0.2, 0.25) is 0 Å². The summed E-state index contributed by atoms with van der Waals surface area (Å²) in [6.45, 7) is 2.52. The zero-order chi connectivity index (χ0) is 23.7. The highest BCUT2D eigenvalue weighted by molar-refractivity contribution is 5.99. The van der Waals surface area contributed by atoms with Crippen molar-refractivity contribution in [2.24, 2.45) is 5.92 Å². The predicted molar refractivity (Wildman–Crippen MR) is 122 cm³/mol. The van der Waals surface area contributed by atoms with Crippen LogP contribution in [0.1, 0.15) is 41.8 Å². The van der Waals surface area contributed by atoms with Gasteiger partial charge in [-0.1, -0.05) is 25.0 Å². The molecule has 34 heavy (non-hydrogen) atoms. The molecule has 0 N–H and O–H groups in total. The van der Waals surface area contributed by atoms with Crippen molar-refractivity contribution in [1.29, 1.82) is 5.26 Å². The number of fused-ring (bicyclic) bond motifs is 1. The number of piperazine rings is 1. The minimum atomic E-state index is -0.311. The largest absolute Gasteiger partial charge is 0.459 e. The van der Waals surface area contributed by atoms with Gasteiger partial charge in [-0.05, 0) is 42.7 Å². The van der Waals surface area contributed by atoms with Crippen molar-refractivity contribution in [2.45, 2.75) is 38.3 Å². The van der Waals surface area contributed by atoms with Gasteiger partial charge in [-0.3, -0.25) is 9.59 Å². The second-order valence-corrected chi connectivity index (χ2v) is 9.15. The molecular weight excluding hydrogens is 435 g/mol. The Morgan fingerprint density at radius 1 is 1.09 bits per heavy atom. The van der Waals surface area contributed by atoms with Crippen molar-refractivity contribution >= 4 is 11.8 Å². The lowest BCUT2D eigenvalue weighted by Crippen LogP contribution is -2.56. The summed E-state index contributed by atoms with van der Waals surface area (Å²) in [7, 11) is 0. The van der Waals surface area contributed by atoms with Gasteiger partial charge in [-0.15, -0.1) is 0 Å². The van der Waals surface area contributed by atoms with E-state index in [1.807, 2.05) is 4.90 Å². The molecule has 2 aliphatic heterocycles. The van der Waals surface area contributed by atoms with Gasteiger partial charge < -0.3 is 19.1 Å². The van der Waals surface area contributed by atoms with Crippen molar-refractivity contribution in [3.05, 3.63) is 71.1 Å².